The Morgan fingerprint density at radius 3 is 2.56 bits per heavy atom. The fourth-order valence-electron chi connectivity index (χ4n) is 3.53. The van der Waals surface area contributed by atoms with Crippen molar-refractivity contribution in [2.24, 2.45) is 5.73 Å². The highest BCUT2D eigenvalue weighted by atomic mass is 35.5. The molecule has 0 bridgehead atoms. The molecule has 4 rings (SSSR count). The number of hydrogen-bond donors (Lipinski definition) is 3. The standard InChI is InChI=1S/C22H19ClF3N5O3/c23-22(25,26)34-16-3-1-15(2-4-16)30-21(33)13-6-17(12-5-14(24)9-28-7-12)20(29-8-13)31-10-18(27)19(32)11-31/h1-9,18-19,32H,10-11,27H2,(H,30,33)/t18-,19-/m0/s1. The number of aliphatic hydroxyl groups is 1. The lowest BCUT2D eigenvalue weighted by molar-refractivity contribution is -0.0964. The lowest BCUT2D eigenvalue weighted by Crippen LogP contribution is -2.32. The van der Waals surface area contributed by atoms with Crippen LogP contribution in [0.4, 0.5) is 24.7 Å². The molecule has 3 heterocycles. The molecule has 0 aliphatic carbocycles. The SMILES string of the molecule is N[C@H]1CN(c2ncc(C(=O)Nc3ccc(OC(F)(F)Cl)cc3)cc2-c2cncc(F)c2)C[C@@H]1O. The van der Waals surface area contributed by atoms with Crippen LogP contribution in [0.25, 0.3) is 11.1 Å². The molecule has 2 aromatic heterocycles. The number of amides is 1. The molecular weight excluding hydrogens is 475 g/mol. The van der Waals surface area contributed by atoms with Crippen LogP contribution in [0.5, 0.6) is 5.75 Å². The van der Waals surface area contributed by atoms with E-state index in [0.717, 1.165) is 6.20 Å². The van der Waals surface area contributed by atoms with Crippen LogP contribution >= 0.6 is 11.6 Å². The predicted molar refractivity (Wildman–Crippen MR) is 119 cm³/mol. The average molecular weight is 494 g/mol. The summed E-state index contributed by atoms with van der Waals surface area (Å²) < 4.78 is 43.6. The lowest BCUT2D eigenvalue weighted by atomic mass is 10.1. The van der Waals surface area contributed by atoms with Gasteiger partial charge in [-0.3, -0.25) is 9.78 Å². The topological polar surface area (TPSA) is 114 Å². The van der Waals surface area contributed by atoms with Crippen molar-refractivity contribution in [1.29, 1.82) is 0 Å². The van der Waals surface area contributed by atoms with Gasteiger partial charge in [-0.05, 0) is 36.4 Å². The molecule has 12 heteroatoms. The Morgan fingerprint density at radius 1 is 1.21 bits per heavy atom. The van der Waals surface area contributed by atoms with E-state index in [-0.39, 0.29) is 17.9 Å². The van der Waals surface area contributed by atoms with Crippen LogP contribution in [0.2, 0.25) is 0 Å². The quantitative estimate of drug-likeness (QED) is 0.452. The van der Waals surface area contributed by atoms with Crippen molar-refractivity contribution < 1.29 is 27.8 Å². The molecule has 2 atom stereocenters. The molecule has 3 aromatic rings. The number of ether oxygens (including phenoxy) is 1. The number of rotatable bonds is 6. The fourth-order valence-corrected chi connectivity index (χ4v) is 3.62. The second-order valence-electron chi connectivity index (χ2n) is 7.65. The predicted octanol–water partition coefficient (Wildman–Crippen LogP) is 3.21. The van der Waals surface area contributed by atoms with Gasteiger partial charge in [0.2, 0.25) is 0 Å². The summed E-state index contributed by atoms with van der Waals surface area (Å²) in [5, 5.41) is 12.7. The number of carbonyl (C=O) groups is 1. The molecule has 1 aromatic carbocycles. The number of β-amino-alcohol motifs (C(OH)–C–C–N with tert-alkyl or cyclic N) is 1. The Bertz CT molecular complexity index is 1180. The number of nitrogens with one attached hydrogen (secondary N) is 1. The van der Waals surface area contributed by atoms with Crippen LogP contribution in [0.1, 0.15) is 10.4 Å². The van der Waals surface area contributed by atoms with E-state index >= 15 is 0 Å². The number of benzene rings is 1. The Kier molecular flexibility index (Phi) is 6.60. The van der Waals surface area contributed by atoms with Gasteiger partial charge in [0.15, 0.2) is 0 Å². The van der Waals surface area contributed by atoms with E-state index in [0.29, 0.717) is 29.2 Å². The van der Waals surface area contributed by atoms with E-state index in [1.165, 1.54) is 48.8 Å². The first-order valence-corrected chi connectivity index (χ1v) is 10.4. The number of pyridine rings is 2. The molecule has 1 aliphatic heterocycles. The van der Waals surface area contributed by atoms with E-state index in [1.807, 2.05) is 0 Å². The molecule has 1 saturated heterocycles. The summed E-state index contributed by atoms with van der Waals surface area (Å²) in [6, 6.07) is 7.47. The van der Waals surface area contributed by atoms with Crippen LogP contribution in [-0.2, 0) is 0 Å². The Morgan fingerprint density at radius 2 is 1.94 bits per heavy atom. The van der Waals surface area contributed by atoms with Gasteiger partial charge in [0, 0.05) is 59.9 Å². The van der Waals surface area contributed by atoms with Crippen molar-refractivity contribution in [3.8, 4) is 16.9 Å². The van der Waals surface area contributed by atoms with E-state index in [9.17, 15) is 23.1 Å². The summed E-state index contributed by atoms with van der Waals surface area (Å²) >= 11 is 4.74. The normalized spacial score (nSPS) is 18.1. The maximum atomic E-state index is 13.9. The molecule has 0 saturated carbocycles. The minimum absolute atomic E-state index is 0.152. The van der Waals surface area contributed by atoms with E-state index in [2.05, 4.69) is 20.0 Å². The van der Waals surface area contributed by atoms with Crippen molar-refractivity contribution in [2.75, 3.05) is 23.3 Å². The first kappa shape index (κ1) is 23.7. The third-order valence-corrected chi connectivity index (χ3v) is 5.20. The maximum Gasteiger partial charge on any atom is 0.487 e. The summed E-state index contributed by atoms with van der Waals surface area (Å²) in [6.07, 6.45) is 3.07. The number of aliphatic hydroxyl groups excluding tert-OH is 1. The summed E-state index contributed by atoms with van der Waals surface area (Å²) in [5.74, 6) is -0.879. The summed E-state index contributed by atoms with van der Waals surface area (Å²) in [6.45, 7) is 0.552. The molecule has 4 N–H and O–H groups in total. The van der Waals surface area contributed by atoms with Gasteiger partial charge in [-0.1, -0.05) is 0 Å². The van der Waals surface area contributed by atoms with E-state index in [4.69, 9.17) is 17.3 Å². The van der Waals surface area contributed by atoms with Gasteiger partial charge in [-0.25, -0.2) is 9.37 Å². The molecule has 8 nitrogen and oxygen atoms in total. The van der Waals surface area contributed by atoms with E-state index in [1.54, 1.807) is 4.90 Å². The van der Waals surface area contributed by atoms with Crippen LogP contribution in [0.15, 0.2) is 55.0 Å². The van der Waals surface area contributed by atoms with Gasteiger partial charge in [0.05, 0.1) is 17.9 Å². The lowest BCUT2D eigenvalue weighted by Gasteiger charge is -2.21. The van der Waals surface area contributed by atoms with Gasteiger partial charge in [-0.15, -0.1) is 8.78 Å². The van der Waals surface area contributed by atoms with E-state index < -0.39 is 29.4 Å². The van der Waals surface area contributed by atoms with Crippen LogP contribution in [-0.4, -0.2) is 51.8 Å². The second kappa shape index (κ2) is 9.45. The molecule has 178 valence electrons. The number of alkyl halides is 3. The molecular formula is C22H19ClF3N5O3. The molecule has 1 aliphatic rings. The molecule has 1 fully saturated rings. The maximum absolute atomic E-state index is 13.9. The zero-order chi connectivity index (χ0) is 24.5. The Balaban J connectivity index is 1.61. The van der Waals surface area contributed by atoms with Gasteiger partial charge in [0.1, 0.15) is 17.4 Å². The number of nitrogens with zero attached hydrogens (tertiary/aromatic N) is 3. The summed E-state index contributed by atoms with van der Waals surface area (Å²) in [5.41, 5.74) is 3.33. The number of carbonyl (C=O) groups excluding carboxylic acids is 1. The third-order valence-electron chi connectivity index (χ3n) is 5.12. The first-order valence-electron chi connectivity index (χ1n) is 10.1. The third kappa shape index (κ3) is 5.56. The van der Waals surface area contributed by atoms with Crippen molar-refractivity contribution in [2.45, 2.75) is 17.7 Å². The monoisotopic (exact) mass is 493 g/mol. The van der Waals surface area contributed by atoms with Gasteiger partial charge < -0.3 is 25.8 Å². The number of hydrogen-bond acceptors (Lipinski definition) is 7. The summed E-state index contributed by atoms with van der Waals surface area (Å²) in [7, 11) is 0. The average Bonchev–Trinajstić information content (AvgIpc) is 3.12. The minimum atomic E-state index is -3.85. The van der Waals surface area contributed by atoms with Crippen LogP contribution in [0, 0.1) is 5.82 Å². The first-order chi connectivity index (χ1) is 16.1. The number of aromatic nitrogens is 2. The van der Waals surface area contributed by atoms with Crippen molar-refractivity contribution in [1.82, 2.24) is 9.97 Å². The second-order valence-corrected chi connectivity index (χ2v) is 8.09. The minimum Gasteiger partial charge on any atom is -0.420 e. The van der Waals surface area contributed by atoms with Crippen molar-refractivity contribution in [3.05, 3.63) is 66.4 Å². The zero-order valence-corrected chi connectivity index (χ0v) is 18.2. The molecule has 1 amide bonds. The van der Waals surface area contributed by atoms with Crippen molar-refractivity contribution >= 4 is 29.0 Å². The van der Waals surface area contributed by atoms with Crippen LogP contribution < -0.4 is 20.7 Å². The highest BCUT2D eigenvalue weighted by molar-refractivity contribution is 6.20. The number of anilines is 2. The molecule has 0 unspecified atom stereocenters. The van der Waals surface area contributed by atoms with Gasteiger partial charge >= 0.3 is 5.57 Å². The molecule has 0 spiro atoms. The highest BCUT2D eigenvalue weighted by Crippen LogP contribution is 2.32. The number of halogens is 4. The summed E-state index contributed by atoms with van der Waals surface area (Å²) in [4.78, 5) is 22.8. The Labute approximate surface area is 197 Å². The van der Waals surface area contributed by atoms with Gasteiger partial charge in [0.25, 0.3) is 5.91 Å². The van der Waals surface area contributed by atoms with Gasteiger partial charge in [-0.2, -0.15) is 0 Å². The highest BCUT2D eigenvalue weighted by Gasteiger charge is 2.31. The fraction of sp³-hybridized carbons (Fsp3) is 0.227. The van der Waals surface area contributed by atoms with Crippen molar-refractivity contribution in [3.63, 3.8) is 0 Å². The Hall–Kier alpha value is -3.41. The molecule has 34 heavy (non-hydrogen) atoms. The number of nitrogens with two attached hydrogens (primary N) is 1. The van der Waals surface area contributed by atoms with Crippen LogP contribution in [0.3, 0.4) is 0 Å². The smallest absolute Gasteiger partial charge is 0.420 e. The largest absolute Gasteiger partial charge is 0.487 e. The zero-order valence-electron chi connectivity index (χ0n) is 17.5. The molecule has 0 radical (unpaired) electrons.